The average Bonchev–Trinajstić information content (AvgIpc) is 2.88. The number of nitrogens with zero attached hydrogens (tertiary/aromatic N) is 3. The molecular weight excluding hydrogens is 246 g/mol. The van der Waals surface area contributed by atoms with Crippen molar-refractivity contribution in [2.45, 2.75) is 19.1 Å². The first-order valence-electron chi connectivity index (χ1n) is 6.18. The van der Waals surface area contributed by atoms with Crippen LogP contribution in [-0.2, 0) is 16.5 Å². The lowest BCUT2D eigenvalue weighted by Crippen LogP contribution is -2.27. The smallest absolute Gasteiger partial charge is 0.138 e. The molecule has 106 valence electrons. The molecule has 1 aromatic rings. The van der Waals surface area contributed by atoms with Crippen LogP contribution in [0.5, 0.6) is 0 Å². The summed E-state index contributed by atoms with van der Waals surface area (Å²) in [4.78, 5) is 2.11. The molecule has 1 aromatic heterocycles. The summed E-state index contributed by atoms with van der Waals surface area (Å²) in [6.45, 7) is 3.26. The highest BCUT2D eigenvalue weighted by Gasteiger charge is 2.36. The summed E-state index contributed by atoms with van der Waals surface area (Å²) >= 11 is 0. The fourth-order valence-corrected chi connectivity index (χ4v) is 2.69. The maximum atomic E-state index is 7.72. The van der Waals surface area contributed by atoms with E-state index in [-0.39, 0.29) is 18.0 Å². The Morgan fingerprint density at radius 3 is 2.26 bits per heavy atom. The first-order chi connectivity index (χ1) is 8.99. The van der Waals surface area contributed by atoms with Crippen LogP contribution in [0, 0.1) is 12.3 Å². The molecule has 0 bridgehead atoms. The number of anilines is 1. The van der Waals surface area contributed by atoms with E-state index in [0.717, 1.165) is 11.5 Å². The molecule has 7 heteroatoms. The predicted molar refractivity (Wildman–Crippen MR) is 72.8 cm³/mol. The second kappa shape index (κ2) is 5.18. The molecule has 2 atom stereocenters. The van der Waals surface area contributed by atoms with Gasteiger partial charge in [0.25, 0.3) is 0 Å². The minimum Gasteiger partial charge on any atom is -0.384 e. The van der Waals surface area contributed by atoms with Gasteiger partial charge in [-0.15, -0.1) is 0 Å². The van der Waals surface area contributed by atoms with E-state index in [2.05, 4.69) is 10.00 Å². The molecule has 0 spiro atoms. The minimum atomic E-state index is 0.0139. The van der Waals surface area contributed by atoms with Crippen molar-refractivity contribution in [2.75, 3.05) is 32.2 Å². The lowest BCUT2D eigenvalue weighted by atomic mass is 10.2. The normalized spacial score (nSPS) is 23.1. The number of nitrogens with one attached hydrogen (secondary N) is 1. The predicted octanol–water partition coefficient (Wildman–Crippen LogP) is -0.137. The quantitative estimate of drug-likeness (QED) is 0.585. The third-order valence-electron chi connectivity index (χ3n) is 3.58. The molecule has 19 heavy (non-hydrogen) atoms. The van der Waals surface area contributed by atoms with Gasteiger partial charge < -0.3 is 20.1 Å². The van der Waals surface area contributed by atoms with E-state index in [0.29, 0.717) is 18.7 Å². The van der Waals surface area contributed by atoms with Gasteiger partial charge in [-0.3, -0.25) is 10.1 Å². The molecule has 1 fully saturated rings. The van der Waals surface area contributed by atoms with Gasteiger partial charge in [-0.2, -0.15) is 5.10 Å². The molecule has 2 heterocycles. The van der Waals surface area contributed by atoms with Crippen molar-refractivity contribution in [3.63, 3.8) is 0 Å². The number of hydrogen-bond acceptors (Lipinski definition) is 5. The molecule has 0 aliphatic carbocycles. The number of ether oxygens (including phenoxy) is 2. The highest BCUT2D eigenvalue weighted by atomic mass is 16.5. The summed E-state index contributed by atoms with van der Waals surface area (Å²) in [7, 11) is 5.22. The fraction of sp³-hybridized carbons (Fsp3) is 0.667. The van der Waals surface area contributed by atoms with E-state index < -0.39 is 0 Å². The van der Waals surface area contributed by atoms with Crippen LogP contribution in [0.1, 0.15) is 11.3 Å². The van der Waals surface area contributed by atoms with Crippen molar-refractivity contribution in [1.29, 1.82) is 5.41 Å². The van der Waals surface area contributed by atoms with E-state index >= 15 is 0 Å². The minimum absolute atomic E-state index is 0.0139. The van der Waals surface area contributed by atoms with Crippen LogP contribution < -0.4 is 10.6 Å². The Kier molecular flexibility index (Phi) is 3.77. The Labute approximate surface area is 112 Å². The van der Waals surface area contributed by atoms with Gasteiger partial charge in [0.15, 0.2) is 0 Å². The van der Waals surface area contributed by atoms with Crippen LogP contribution in [0.3, 0.4) is 0 Å². The van der Waals surface area contributed by atoms with Crippen LogP contribution in [0.4, 0.5) is 5.82 Å². The summed E-state index contributed by atoms with van der Waals surface area (Å²) in [5.41, 5.74) is 7.12. The van der Waals surface area contributed by atoms with Crippen molar-refractivity contribution in [1.82, 2.24) is 9.78 Å². The fourth-order valence-electron chi connectivity index (χ4n) is 2.69. The van der Waals surface area contributed by atoms with Crippen molar-refractivity contribution >= 4 is 11.7 Å². The standard InChI is InChI=1S/C12H21N5O2/c1-7-10(11(13)14)12(16(2)15-7)17-5-8(18-3)9(6-17)19-4/h8-9H,5-6H2,1-4H3,(H3,13,14). The maximum Gasteiger partial charge on any atom is 0.138 e. The van der Waals surface area contributed by atoms with Crippen molar-refractivity contribution in [3.8, 4) is 0 Å². The van der Waals surface area contributed by atoms with E-state index in [1.807, 2.05) is 14.0 Å². The molecule has 0 amide bonds. The third kappa shape index (κ3) is 2.31. The molecule has 2 rings (SSSR count). The monoisotopic (exact) mass is 267 g/mol. The van der Waals surface area contributed by atoms with E-state index in [4.69, 9.17) is 20.6 Å². The van der Waals surface area contributed by atoms with Crippen LogP contribution in [0.15, 0.2) is 0 Å². The van der Waals surface area contributed by atoms with Crippen LogP contribution in [0.2, 0.25) is 0 Å². The lowest BCUT2D eigenvalue weighted by molar-refractivity contribution is -0.00461. The van der Waals surface area contributed by atoms with Crippen molar-refractivity contribution in [2.24, 2.45) is 12.8 Å². The van der Waals surface area contributed by atoms with Gasteiger partial charge in [-0.25, -0.2) is 0 Å². The zero-order valence-corrected chi connectivity index (χ0v) is 11.8. The molecule has 1 aliphatic rings. The van der Waals surface area contributed by atoms with Crippen LogP contribution >= 0.6 is 0 Å². The second-order valence-electron chi connectivity index (χ2n) is 4.77. The average molecular weight is 267 g/mol. The number of aryl methyl sites for hydroxylation is 2. The molecule has 3 N–H and O–H groups in total. The Hall–Kier alpha value is -1.60. The maximum absolute atomic E-state index is 7.72. The molecule has 0 aromatic carbocycles. The number of hydrogen-bond donors (Lipinski definition) is 2. The summed E-state index contributed by atoms with van der Waals surface area (Å²) in [6.07, 6.45) is 0.0278. The highest BCUT2D eigenvalue weighted by Crippen LogP contribution is 2.28. The zero-order chi connectivity index (χ0) is 14.2. The summed E-state index contributed by atoms with van der Waals surface area (Å²) < 4.78 is 12.6. The Bertz CT molecular complexity index is 473. The largest absolute Gasteiger partial charge is 0.384 e. The summed E-state index contributed by atoms with van der Waals surface area (Å²) in [5, 5.41) is 12.1. The Balaban J connectivity index is 2.36. The first kappa shape index (κ1) is 13.8. The number of nitrogens with two attached hydrogens (primary N) is 1. The van der Waals surface area contributed by atoms with Gasteiger partial charge in [-0.05, 0) is 6.92 Å². The SMILES string of the molecule is COC1CN(c2c(C(=N)N)c(C)nn2C)CC1OC. The lowest BCUT2D eigenvalue weighted by Gasteiger charge is -2.19. The van der Waals surface area contributed by atoms with Crippen molar-refractivity contribution in [3.05, 3.63) is 11.3 Å². The van der Waals surface area contributed by atoms with Gasteiger partial charge in [-0.1, -0.05) is 0 Å². The van der Waals surface area contributed by atoms with Crippen LogP contribution in [-0.4, -0.2) is 55.1 Å². The molecule has 0 radical (unpaired) electrons. The number of methoxy groups -OCH3 is 2. The van der Waals surface area contributed by atoms with Gasteiger partial charge in [0, 0.05) is 34.4 Å². The zero-order valence-electron chi connectivity index (χ0n) is 11.8. The van der Waals surface area contributed by atoms with E-state index in [1.165, 1.54) is 0 Å². The van der Waals surface area contributed by atoms with Gasteiger partial charge in [0.1, 0.15) is 23.9 Å². The molecule has 2 unspecified atom stereocenters. The molecular formula is C12H21N5O2. The number of rotatable bonds is 4. The van der Waals surface area contributed by atoms with E-state index in [1.54, 1.807) is 18.9 Å². The number of aromatic nitrogens is 2. The van der Waals surface area contributed by atoms with E-state index in [9.17, 15) is 0 Å². The molecule has 0 saturated carbocycles. The second-order valence-corrected chi connectivity index (χ2v) is 4.77. The van der Waals surface area contributed by atoms with Gasteiger partial charge in [0.05, 0.1) is 11.3 Å². The Morgan fingerprint density at radius 1 is 1.32 bits per heavy atom. The first-order valence-corrected chi connectivity index (χ1v) is 6.18. The number of amidine groups is 1. The summed E-state index contributed by atoms with van der Waals surface area (Å²) in [5.74, 6) is 0.891. The third-order valence-corrected chi connectivity index (χ3v) is 3.58. The van der Waals surface area contributed by atoms with Crippen LogP contribution in [0.25, 0.3) is 0 Å². The molecule has 7 nitrogen and oxygen atoms in total. The summed E-state index contributed by atoms with van der Waals surface area (Å²) in [6, 6.07) is 0. The van der Waals surface area contributed by atoms with Gasteiger partial charge >= 0.3 is 0 Å². The highest BCUT2D eigenvalue weighted by molar-refractivity contribution is 6.01. The number of nitrogen functional groups attached to an aromatic ring is 1. The van der Waals surface area contributed by atoms with Crippen molar-refractivity contribution < 1.29 is 9.47 Å². The van der Waals surface area contributed by atoms with Gasteiger partial charge in [0.2, 0.25) is 0 Å². The topological polar surface area (TPSA) is 89.4 Å². The molecule has 1 saturated heterocycles. The Morgan fingerprint density at radius 2 is 1.84 bits per heavy atom. The molecule has 1 aliphatic heterocycles.